The summed E-state index contributed by atoms with van der Waals surface area (Å²) in [7, 11) is 0. The van der Waals surface area contributed by atoms with Crippen molar-refractivity contribution >= 4 is 12.1 Å². The van der Waals surface area contributed by atoms with Crippen LogP contribution in [0.25, 0.3) is 0 Å². The number of ketones is 1. The van der Waals surface area contributed by atoms with Crippen molar-refractivity contribution in [2.24, 2.45) is 50.7 Å². The summed E-state index contributed by atoms with van der Waals surface area (Å²) in [5.41, 5.74) is 0.865. The first-order valence-corrected chi connectivity index (χ1v) is 12.5. The van der Waals surface area contributed by atoms with E-state index in [1.165, 1.54) is 51.2 Å². The second-order valence-corrected chi connectivity index (χ2v) is 13.2. The van der Waals surface area contributed by atoms with Gasteiger partial charge in [0.15, 0.2) is 0 Å². The van der Waals surface area contributed by atoms with Crippen LogP contribution in [-0.4, -0.2) is 12.1 Å². The van der Waals surface area contributed by atoms with Gasteiger partial charge in [0.1, 0.15) is 12.1 Å². The maximum absolute atomic E-state index is 12.8. The zero-order valence-electron chi connectivity index (χ0n) is 19.5. The van der Waals surface area contributed by atoms with Gasteiger partial charge in [-0.2, -0.15) is 0 Å². The summed E-state index contributed by atoms with van der Waals surface area (Å²) in [6.07, 6.45) is 14.4. The number of hydrogen-bond acceptors (Lipinski definition) is 2. The minimum Gasteiger partial charge on any atom is -0.303 e. The van der Waals surface area contributed by atoms with Gasteiger partial charge in [0.25, 0.3) is 0 Å². The average Bonchev–Trinajstić information content (AvgIpc) is 3.10. The first-order chi connectivity index (χ1) is 13.6. The van der Waals surface area contributed by atoms with Crippen LogP contribution in [0.15, 0.2) is 0 Å². The van der Waals surface area contributed by atoms with Gasteiger partial charge in [0, 0.05) is 17.3 Å². The van der Waals surface area contributed by atoms with Gasteiger partial charge in [-0.25, -0.2) is 0 Å². The van der Waals surface area contributed by atoms with Crippen molar-refractivity contribution in [3.05, 3.63) is 0 Å². The normalized spacial score (nSPS) is 56.0. The van der Waals surface area contributed by atoms with Crippen LogP contribution in [0, 0.1) is 50.7 Å². The topological polar surface area (TPSA) is 34.1 Å². The maximum atomic E-state index is 12.8. The smallest absolute Gasteiger partial charge is 0.138 e. The Morgan fingerprint density at radius 1 is 0.759 bits per heavy atom. The van der Waals surface area contributed by atoms with Gasteiger partial charge < -0.3 is 4.79 Å². The molecule has 0 spiro atoms. The number of fused-ring (bicyclic) bond motifs is 7. The summed E-state index contributed by atoms with van der Waals surface area (Å²) < 4.78 is 0. The van der Waals surface area contributed by atoms with Gasteiger partial charge in [-0.05, 0) is 97.7 Å². The van der Waals surface area contributed by atoms with E-state index in [1.54, 1.807) is 0 Å². The zero-order chi connectivity index (χ0) is 20.9. The Balaban J connectivity index is 1.54. The van der Waals surface area contributed by atoms with Crippen LogP contribution in [0.2, 0.25) is 0 Å². The molecule has 0 bridgehead atoms. The molecule has 0 saturated heterocycles. The summed E-state index contributed by atoms with van der Waals surface area (Å²) in [6.45, 7) is 12.3. The van der Waals surface area contributed by atoms with E-state index in [2.05, 4.69) is 34.6 Å². The van der Waals surface area contributed by atoms with Crippen LogP contribution in [0.3, 0.4) is 0 Å². The summed E-state index contributed by atoms with van der Waals surface area (Å²) in [4.78, 5) is 25.0. The zero-order valence-corrected chi connectivity index (χ0v) is 19.5. The van der Waals surface area contributed by atoms with Crippen LogP contribution in [0.1, 0.15) is 105 Å². The molecule has 8 atom stereocenters. The molecule has 6 unspecified atom stereocenters. The fraction of sp³-hybridized carbons (Fsp3) is 0.926. The van der Waals surface area contributed by atoms with Gasteiger partial charge in [-0.1, -0.05) is 41.0 Å². The molecule has 0 aromatic rings. The molecule has 162 valence electrons. The molecule has 0 aromatic carbocycles. The van der Waals surface area contributed by atoms with Crippen molar-refractivity contribution in [1.29, 1.82) is 0 Å². The first-order valence-electron chi connectivity index (χ1n) is 12.5. The summed E-state index contributed by atoms with van der Waals surface area (Å²) in [6, 6.07) is 0. The quantitative estimate of drug-likeness (QED) is 0.466. The Kier molecular flexibility index (Phi) is 4.17. The maximum Gasteiger partial charge on any atom is 0.138 e. The first kappa shape index (κ1) is 20.3. The van der Waals surface area contributed by atoms with E-state index in [1.807, 2.05) is 0 Å². The summed E-state index contributed by atoms with van der Waals surface area (Å²) in [5.74, 6) is 3.13. The molecule has 0 amide bonds. The second-order valence-electron chi connectivity index (χ2n) is 13.2. The molecule has 0 aliphatic heterocycles. The van der Waals surface area contributed by atoms with Gasteiger partial charge in [-0.3, -0.25) is 4.79 Å². The monoisotopic (exact) mass is 398 g/mol. The number of rotatable bonds is 1. The number of Topliss-reactive ketones (excluding diaryl/α,β-unsaturated/α-hetero) is 1. The van der Waals surface area contributed by atoms with Crippen LogP contribution in [-0.2, 0) is 9.59 Å². The number of hydrogen-bond donors (Lipinski definition) is 0. The van der Waals surface area contributed by atoms with E-state index in [4.69, 9.17) is 0 Å². The van der Waals surface area contributed by atoms with Crippen LogP contribution >= 0.6 is 0 Å². The van der Waals surface area contributed by atoms with Gasteiger partial charge in [0.2, 0.25) is 0 Å². The number of aldehydes is 1. The molecular formula is C27H42O2. The molecule has 5 aliphatic rings. The molecule has 5 saturated carbocycles. The molecule has 0 aromatic heterocycles. The predicted molar refractivity (Wildman–Crippen MR) is 116 cm³/mol. The third-order valence-electron chi connectivity index (χ3n) is 12.4. The van der Waals surface area contributed by atoms with E-state index in [-0.39, 0.29) is 10.8 Å². The third kappa shape index (κ3) is 2.25. The van der Waals surface area contributed by atoms with E-state index in [0.717, 1.165) is 37.5 Å². The Hall–Kier alpha value is -0.660. The molecule has 5 rings (SSSR count). The minimum absolute atomic E-state index is 0.00766. The largest absolute Gasteiger partial charge is 0.303 e. The highest BCUT2D eigenvalue weighted by atomic mass is 16.1. The van der Waals surface area contributed by atoms with Crippen molar-refractivity contribution in [1.82, 2.24) is 0 Å². The highest BCUT2D eigenvalue weighted by molar-refractivity contribution is 5.85. The van der Waals surface area contributed by atoms with Crippen molar-refractivity contribution in [3.63, 3.8) is 0 Å². The molecule has 0 heterocycles. The fourth-order valence-corrected chi connectivity index (χ4v) is 10.6. The molecule has 29 heavy (non-hydrogen) atoms. The Morgan fingerprint density at radius 2 is 1.52 bits per heavy atom. The van der Waals surface area contributed by atoms with Crippen LogP contribution < -0.4 is 0 Å². The lowest BCUT2D eigenvalue weighted by Crippen LogP contribution is -2.66. The highest BCUT2D eigenvalue weighted by Crippen LogP contribution is 2.76. The van der Waals surface area contributed by atoms with Crippen molar-refractivity contribution in [3.8, 4) is 0 Å². The summed E-state index contributed by atoms with van der Waals surface area (Å²) in [5, 5.41) is 0. The van der Waals surface area contributed by atoms with E-state index in [9.17, 15) is 9.59 Å². The Labute approximate surface area is 178 Å². The lowest BCUT2D eigenvalue weighted by Gasteiger charge is -2.72. The molecular weight excluding hydrogens is 356 g/mol. The lowest BCUT2D eigenvalue weighted by atomic mass is 9.32. The molecule has 5 fully saturated rings. The van der Waals surface area contributed by atoms with Gasteiger partial charge >= 0.3 is 0 Å². The van der Waals surface area contributed by atoms with Crippen LogP contribution in [0.4, 0.5) is 0 Å². The third-order valence-corrected chi connectivity index (χ3v) is 12.4. The highest BCUT2D eigenvalue weighted by Gasteiger charge is 2.69. The van der Waals surface area contributed by atoms with Crippen molar-refractivity contribution in [2.75, 3.05) is 0 Å². The van der Waals surface area contributed by atoms with Crippen molar-refractivity contribution in [2.45, 2.75) is 105 Å². The fourth-order valence-electron chi connectivity index (χ4n) is 10.6. The number of carbonyl (C=O) groups is 2. The minimum atomic E-state index is -0.156. The second kappa shape index (κ2) is 5.98. The molecule has 5 aliphatic carbocycles. The van der Waals surface area contributed by atoms with E-state index in [0.29, 0.717) is 33.9 Å². The SMILES string of the molecule is CC1(C)C(=O)CCC2(C)C1CCC1(C)C2CCC2[C@H]3CCCC3(C=O)CC[C@]21C. The number of carbonyl (C=O) groups excluding carboxylic acids is 2. The average molecular weight is 399 g/mol. The van der Waals surface area contributed by atoms with E-state index >= 15 is 0 Å². The Bertz CT molecular complexity index is 739. The van der Waals surface area contributed by atoms with E-state index < -0.39 is 0 Å². The summed E-state index contributed by atoms with van der Waals surface area (Å²) >= 11 is 0. The molecule has 2 heteroatoms. The standard InChI is InChI=1S/C27H42O2/c1-23(2)20-10-14-26(5)21(24(20,3)13-11-22(23)29)9-8-18-19-7-6-12-27(19,17-28)16-15-25(18,26)4/h17-21H,6-16H2,1-5H3/t18?,19-,20?,21?,24?,25-,26?,27?/m1/s1. The van der Waals surface area contributed by atoms with Crippen molar-refractivity contribution < 1.29 is 9.59 Å². The van der Waals surface area contributed by atoms with Gasteiger partial charge in [-0.15, -0.1) is 0 Å². The van der Waals surface area contributed by atoms with Crippen LogP contribution in [0.5, 0.6) is 0 Å². The Morgan fingerprint density at radius 3 is 2.24 bits per heavy atom. The molecule has 0 radical (unpaired) electrons. The molecule has 0 N–H and O–H groups in total. The molecule has 2 nitrogen and oxygen atoms in total. The van der Waals surface area contributed by atoms with Gasteiger partial charge in [0.05, 0.1) is 0 Å². The lowest BCUT2D eigenvalue weighted by molar-refractivity contribution is -0.229. The predicted octanol–water partition coefficient (Wildman–Crippen LogP) is 6.61.